The van der Waals surface area contributed by atoms with Crippen LogP contribution < -0.4 is 20.2 Å². The molecule has 0 atom stereocenters. The number of nitrogens with one attached hydrogen (secondary N) is 2. The number of nitrogens with zero attached hydrogens (tertiary/aromatic N) is 1. The molecule has 0 saturated carbocycles. The van der Waals surface area contributed by atoms with E-state index in [0.29, 0.717) is 28.2 Å². The Morgan fingerprint density at radius 3 is 2.58 bits per heavy atom. The standard InChI is InChI=1S/C25H21N3O5/c1-16-7-9-19(21(29)11-16)14-26-28-25(31)20(27-24(30)18-5-3-2-4-6-18)12-17-8-10-22-23(13-17)33-15-32-22/h2-14,29H,15H2,1H3,(H,27,30)(H,28,31)/b20-12?,26-14+. The number of rotatable bonds is 6. The second-order valence-corrected chi connectivity index (χ2v) is 7.25. The fourth-order valence-corrected chi connectivity index (χ4v) is 3.10. The van der Waals surface area contributed by atoms with Crippen LogP contribution in [0.1, 0.15) is 27.0 Å². The Bertz CT molecular complexity index is 1250. The minimum absolute atomic E-state index is 0.0204. The van der Waals surface area contributed by atoms with Gasteiger partial charge in [-0.3, -0.25) is 9.59 Å². The topological polar surface area (TPSA) is 109 Å². The third kappa shape index (κ3) is 5.37. The van der Waals surface area contributed by atoms with Crippen LogP contribution >= 0.6 is 0 Å². The summed E-state index contributed by atoms with van der Waals surface area (Å²) in [4.78, 5) is 25.5. The highest BCUT2D eigenvalue weighted by atomic mass is 16.7. The fourth-order valence-electron chi connectivity index (χ4n) is 3.10. The molecule has 2 amide bonds. The number of phenols is 1. The van der Waals surface area contributed by atoms with Crippen LogP contribution in [0.25, 0.3) is 6.08 Å². The van der Waals surface area contributed by atoms with Crippen LogP contribution in [0.3, 0.4) is 0 Å². The van der Waals surface area contributed by atoms with Crippen molar-refractivity contribution in [3.8, 4) is 17.2 Å². The van der Waals surface area contributed by atoms with E-state index >= 15 is 0 Å². The van der Waals surface area contributed by atoms with E-state index in [9.17, 15) is 14.7 Å². The third-order valence-corrected chi connectivity index (χ3v) is 4.79. The van der Waals surface area contributed by atoms with Gasteiger partial charge >= 0.3 is 0 Å². The van der Waals surface area contributed by atoms with Gasteiger partial charge in [-0.15, -0.1) is 0 Å². The summed E-state index contributed by atoms with van der Waals surface area (Å²) in [6.07, 6.45) is 2.83. The fraction of sp³-hybridized carbons (Fsp3) is 0.0800. The highest BCUT2D eigenvalue weighted by Gasteiger charge is 2.17. The number of aryl methyl sites for hydroxylation is 1. The molecule has 166 valence electrons. The van der Waals surface area contributed by atoms with E-state index in [0.717, 1.165) is 5.56 Å². The van der Waals surface area contributed by atoms with Crippen molar-refractivity contribution in [2.75, 3.05) is 6.79 Å². The molecule has 0 unspecified atom stereocenters. The summed E-state index contributed by atoms with van der Waals surface area (Å²) in [5.41, 5.74) is 4.72. The summed E-state index contributed by atoms with van der Waals surface area (Å²) >= 11 is 0. The van der Waals surface area contributed by atoms with Crippen molar-refractivity contribution in [3.63, 3.8) is 0 Å². The van der Waals surface area contributed by atoms with Crippen molar-refractivity contribution in [3.05, 3.63) is 94.7 Å². The Kier molecular flexibility index (Phi) is 6.36. The van der Waals surface area contributed by atoms with Gasteiger partial charge in [0.15, 0.2) is 11.5 Å². The lowest BCUT2D eigenvalue weighted by atomic mass is 10.1. The van der Waals surface area contributed by atoms with Gasteiger partial charge in [0, 0.05) is 11.1 Å². The number of benzene rings is 3. The average molecular weight is 443 g/mol. The second-order valence-electron chi connectivity index (χ2n) is 7.25. The zero-order valence-corrected chi connectivity index (χ0v) is 17.7. The molecule has 0 bridgehead atoms. The van der Waals surface area contributed by atoms with Gasteiger partial charge in [-0.2, -0.15) is 5.10 Å². The van der Waals surface area contributed by atoms with Crippen LogP contribution in [0, 0.1) is 6.92 Å². The van der Waals surface area contributed by atoms with Crippen LogP contribution in [-0.2, 0) is 4.79 Å². The predicted molar refractivity (Wildman–Crippen MR) is 123 cm³/mol. The summed E-state index contributed by atoms with van der Waals surface area (Å²) in [7, 11) is 0. The van der Waals surface area contributed by atoms with Crippen molar-refractivity contribution in [2.45, 2.75) is 6.92 Å². The van der Waals surface area contributed by atoms with E-state index in [4.69, 9.17) is 9.47 Å². The summed E-state index contributed by atoms with van der Waals surface area (Å²) in [6.45, 7) is 1.98. The van der Waals surface area contributed by atoms with Gasteiger partial charge in [0.05, 0.1) is 6.21 Å². The number of phenolic OH excluding ortho intramolecular Hbond substituents is 1. The Morgan fingerprint density at radius 2 is 1.79 bits per heavy atom. The number of hydrogen-bond donors (Lipinski definition) is 3. The first-order valence-corrected chi connectivity index (χ1v) is 10.1. The van der Waals surface area contributed by atoms with Crippen molar-refractivity contribution >= 4 is 24.1 Å². The minimum atomic E-state index is -0.639. The number of hydrazone groups is 1. The van der Waals surface area contributed by atoms with E-state index in [1.165, 1.54) is 12.3 Å². The zero-order chi connectivity index (χ0) is 23.2. The zero-order valence-electron chi connectivity index (χ0n) is 17.7. The van der Waals surface area contributed by atoms with Gasteiger partial charge in [0.1, 0.15) is 11.4 Å². The molecule has 4 rings (SSSR count). The molecule has 1 aliphatic heterocycles. The van der Waals surface area contributed by atoms with Gasteiger partial charge in [-0.1, -0.05) is 30.3 Å². The number of fused-ring (bicyclic) bond motifs is 1. The van der Waals surface area contributed by atoms with Crippen LogP contribution in [0.2, 0.25) is 0 Å². The molecule has 0 saturated heterocycles. The van der Waals surface area contributed by atoms with Gasteiger partial charge in [-0.25, -0.2) is 5.43 Å². The van der Waals surface area contributed by atoms with Crippen molar-refractivity contribution in [1.29, 1.82) is 0 Å². The summed E-state index contributed by atoms with van der Waals surface area (Å²) in [6, 6.07) is 18.8. The largest absolute Gasteiger partial charge is 0.507 e. The van der Waals surface area contributed by atoms with Gasteiger partial charge in [0.25, 0.3) is 11.8 Å². The molecule has 0 spiro atoms. The smallest absolute Gasteiger partial charge is 0.287 e. The maximum Gasteiger partial charge on any atom is 0.287 e. The van der Waals surface area contributed by atoms with Crippen LogP contribution in [0.15, 0.2) is 77.5 Å². The average Bonchev–Trinajstić information content (AvgIpc) is 3.28. The number of carbonyl (C=O) groups excluding carboxylic acids is 2. The molecule has 33 heavy (non-hydrogen) atoms. The first kappa shape index (κ1) is 21.6. The molecule has 0 aromatic heterocycles. The lowest BCUT2D eigenvalue weighted by Gasteiger charge is -2.09. The van der Waals surface area contributed by atoms with E-state index in [1.54, 1.807) is 60.7 Å². The Morgan fingerprint density at radius 1 is 1.00 bits per heavy atom. The molecule has 3 N–H and O–H groups in total. The maximum atomic E-state index is 12.9. The van der Waals surface area contributed by atoms with Crippen LogP contribution in [-0.4, -0.2) is 29.9 Å². The quantitative estimate of drug-likeness (QED) is 0.308. The first-order chi connectivity index (χ1) is 16.0. The van der Waals surface area contributed by atoms with Crippen molar-refractivity contribution in [2.24, 2.45) is 5.10 Å². The SMILES string of the molecule is Cc1ccc(/C=N/NC(=O)C(=Cc2ccc3c(c2)OCO3)NC(=O)c2ccccc2)c(O)c1. The molecule has 0 aliphatic carbocycles. The number of ether oxygens (including phenoxy) is 2. The van der Waals surface area contributed by atoms with Gasteiger partial charge < -0.3 is 19.9 Å². The molecular formula is C25H21N3O5. The van der Waals surface area contributed by atoms with Gasteiger partial charge in [0.2, 0.25) is 6.79 Å². The number of amides is 2. The predicted octanol–water partition coefficient (Wildman–Crippen LogP) is 3.35. The number of aromatic hydroxyl groups is 1. The molecular weight excluding hydrogens is 422 g/mol. The molecule has 0 fully saturated rings. The normalized spacial score (nSPS) is 12.6. The highest BCUT2D eigenvalue weighted by molar-refractivity contribution is 6.05. The number of carbonyl (C=O) groups is 2. The Hall–Kier alpha value is -4.59. The summed E-state index contributed by atoms with van der Waals surface area (Å²) in [5.74, 6) is 0.110. The summed E-state index contributed by atoms with van der Waals surface area (Å²) < 4.78 is 10.7. The molecule has 3 aromatic rings. The highest BCUT2D eigenvalue weighted by Crippen LogP contribution is 2.33. The molecule has 1 aliphatic rings. The second kappa shape index (κ2) is 9.69. The molecule has 1 heterocycles. The third-order valence-electron chi connectivity index (χ3n) is 4.79. The lowest BCUT2D eigenvalue weighted by Crippen LogP contribution is -2.32. The maximum absolute atomic E-state index is 12.9. The van der Waals surface area contributed by atoms with Crippen LogP contribution in [0.4, 0.5) is 0 Å². The van der Waals surface area contributed by atoms with Gasteiger partial charge in [-0.05, 0) is 60.5 Å². The molecule has 3 aromatic carbocycles. The van der Waals surface area contributed by atoms with E-state index < -0.39 is 11.8 Å². The summed E-state index contributed by atoms with van der Waals surface area (Å²) in [5, 5.41) is 16.5. The molecule has 8 heteroatoms. The van der Waals surface area contributed by atoms with Crippen LogP contribution in [0.5, 0.6) is 17.2 Å². The lowest BCUT2D eigenvalue weighted by molar-refractivity contribution is -0.117. The Balaban J connectivity index is 1.56. The van der Waals surface area contributed by atoms with E-state index in [-0.39, 0.29) is 18.2 Å². The monoisotopic (exact) mass is 443 g/mol. The Labute approximate surface area is 190 Å². The number of hydrogen-bond acceptors (Lipinski definition) is 6. The minimum Gasteiger partial charge on any atom is -0.507 e. The molecule has 0 radical (unpaired) electrons. The van der Waals surface area contributed by atoms with E-state index in [2.05, 4.69) is 15.8 Å². The molecule has 8 nitrogen and oxygen atoms in total. The first-order valence-electron chi connectivity index (χ1n) is 10.1. The van der Waals surface area contributed by atoms with Crippen molar-refractivity contribution < 1.29 is 24.2 Å². The van der Waals surface area contributed by atoms with E-state index in [1.807, 2.05) is 13.0 Å². The van der Waals surface area contributed by atoms with Crippen molar-refractivity contribution in [1.82, 2.24) is 10.7 Å².